The summed E-state index contributed by atoms with van der Waals surface area (Å²) in [4.78, 5) is 22.9. The van der Waals surface area contributed by atoms with Gasteiger partial charge in [-0.15, -0.1) is 0 Å². The van der Waals surface area contributed by atoms with Crippen LogP contribution in [0.1, 0.15) is 10.4 Å². The van der Waals surface area contributed by atoms with Crippen molar-refractivity contribution in [2.75, 3.05) is 30.5 Å². The van der Waals surface area contributed by atoms with Crippen molar-refractivity contribution in [2.24, 2.45) is 0 Å². The number of thioether (sulfide) groups is 1. The van der Waals surface area contributed by atoms with Gasteiger partial charge in [0.15, 0.2) is 0 Å². The minimum Gasteiger partial charge on any atom is -0.478 e. The Morgan fingerprint density at radius 1 is 1.56 bits per heavy atom. The largest absolute Gasteiger partial charge is 0.478 e. The number of rotatable bonds is 6. The molecule has 0 spiro atoms. The zero-order chi connectivity index (χ0) is 13.7. The fraction of sp³-hybridized carbons (Fsp3) is 0.364. The molecule has 1 aromatic rings. The monoisotopic (exact) mass is 270 g/mol. The minimum atomic E-state index is -1.16. The Bertz CT molecular complexity index is 464. The number of carboxylic acid groups (broad SMARTS) is 1. The molecule has 0 saturated carbocycles. The topological polar surface area (TPSA) is 83.7 Å². The van der Waals surface area contributed by atoms with Crippen molar-refractivity contribution in [1.29, 1.82) is 0 Å². The first-order chi connectivity index (χ1) is 8.47. The second-order valence-electron chi connectivity index (χ2n) is 3.68. The summed E-state index contributed by atoms with van der Waals surface area (Å²) in [6.07, 6.45) is 1.96. The Kier molecular flexibility index (Phi) is 4.96. The quantitative estimate of drug-likeness (QED) is 0.629. The molecule has 0 saturated heterocycles. The number of nitrogens with zero attached hydrogens (tertiary/aromatic N) is 2. The highest BCUT2D eigenvalue weighted by molar-refractivity contribution is 7.98. The predicted molar refractivity (Wildman–Crippen MR) is 71.7 cm³/mol. The number of anilines is 1. The third-order valence-corrected chi connectivity index (χ3v) is 3.05. The molecule has 6 nitrogen and oxygen atoms in total. The van der Waals surface area contributed by atoms with Crippen LogP contribution < -0.4 is 4.90 Å². The molecule has 0 unspecified atom stereocenters. The number of hydrogen-bond acceptors (Lipinski definition) is 5. The van der Waals surface area contributed by atoms with Crippen LogP contribution in [0.4, 0.5) is 11.4 Å². The zero-order valence-corrected chi connectivity index (χ0v) is 10.9. The normalized spacial score (nSPS) is 10.1. The van der Waals surface area contributed by atoms with Gasteiger partial charge in [-0.1, -0.05) is 0 Å². The highest BCUT2D eigenvalue weighted by atomic mass is 32.2. The lowest BCUT2D eigenvalue weighted by atomic mass is 10.1. The smallest absolute Gasteiger partial charge is 0.338 e. The van der Waals surface area contributed by atoms with Gasteiger partial charge >= 0.3 is 5.97 Å². The number of carboxylic acids is 1. The third-order valence-electron chi connectivity index (χ3n) is 2.46. The Labute approximate surface area is 109 Å². The van der Waals surface area contributed by atoms with E-state index in [1.165, 1.54) is 12.1 Å². The summed E-state index contributed by atoms with van der Waals surface area (Å²) in [6, 6.07) is 3.88. The number of hydrogen-bond donors (Lipinski definition) is 1. The van der Waals surface area contributed by atoms with Crippen LogP contribution in [0.5, 0.6) is 0 Å². The van der Waals surface area contributed by atoms with Gasteiger partial charge in [-0.3, -0.25) is 10.1 Å². The van der Waals surface area contributed by atoms with Crippen molar-refractivity contribution in [3.8, 4) is 0 Å². The predicted octanol–water partition coefficient (Wildman–Crippen LogP) is 2.09. The van der Waals surface area contributed by atoms with Crippen molar-refractivity contribution in [1.82, 2.24) is 0 Å². The second kappa shape index (κ2) is 6.25. The summed E-state index contributed by atoms with van der Waals surface area (Å²) in [6.45, 7) is 0.680. The van der Waals surface area contributed by atoms with Crippen LogP contribution in [0, 0.1) is 10.1 Å². The molecule has 0 aliphatic carbocycles. The van der Waals surface area contributed by atoms with E-state index >= 15 is 0 Å². The van der Waals surface area contributed by atoms with Crippen LogP contribution in [0.2, 0.25) is 0 Å². The summed E-state index contributed by atoms with van der Waals surface area (Å²) >= 11 is 1.65. The molecule has 0 atom stereocenters. The molecular weight excluding hydrogens is 256 g/mol. The summed E-state index contributed by atoms with van der Waals surface area (Å²) in [7, 11) is 1.77. The van der Waals surface area contributed by atoms with E-state index in [2.05, 4.69) is 0 Å². The summed E-state index contributed by atoms with van der Waals surface area (Å²) < 4.78 is 0. The summed E-state index contributed by atoms with van der Waals surface area (Å²) in [5.41, 5.74) is 0.226. The first kappa shape index (κ1) is 14.3. The van der Waals surface area contributed by atoms with Crippen molar-refractivity contribution in [3.63, 3.8) is 0 Å². The fourth-order valence-electron chi connectivity index (χ4n) is 1.49. The Hall–Kier alpha value is -1.76. The van der Waals surface area contributed by atoms with E-state index in [1.807, 2.05) is 6.26 Å². The molecule has 0 radical (unpaired) electrons. The summed E-state index contributed by atoms with van der Waals surface area (Å²) in [5.74, 6) is -0.309. The molecule has 0 fully saturated rings. The van der Waals surface area contributed by atoms with E-state index in [4.69, 9.17) is 5.11 Å². The van der Waals surface area contributed by atoms with Crippen LogP contribution in [0.3, 0.4) is 0 Å². The van der Waals surface area contributed by atoms with E-state index in [0.29, 0.717) is 12.2 Å². The molecule has 0 aromatic heterocycles. The maximum absolute atomic E-state index is 11.1. The first-order valence-corrected chi connectivity index (χ1v) is 6.58. The molecule has 0 aliphatic heterocycles. The fourth-order valence-corrected chi connectivity index (χ4v) is 1.95. The first-order valence-electron chi connectivity index (χ1n) is 5.19. The van der Waals surface area contributed by atoms with Gasteiger partial charge in [-0.2, -0.15) is 11.8 Å². The highest BCUT2D eigenvalue weighted by Crippen LogP contribution is 2.25. The number of benzene rings is 1. The van der Waals surface area contributed by atoms with Gasteiger partial charge in [-0.25, -0.2) is 4.79 Å². The Balaban J connectivity index is 3.11. The van der Waals surface area contributed by atoms with Gasteiger partial charge in [0, 0.05) is 31.5 Å². The van der Waals surface area contributed by atoms with Crippen LogP contribution in [0.25, 0.3) is 0 Å². The molecule has 0 bridgehead atoms. The van der Waals surface area contributed by atoms with Crippen LogP contribution in [-0.4, -0.2) is 41.6 Å². The molecule has 1 N–H and O–H groups in total. The Morgan fingerprint density at radius 2 is 2.22 bits per heavy atom. The molecule has 98 valence electrons. The molecule has 0 heterocycles. The molecule has 7 heteroatoms. The standard InChI is InChI=1S/C11H14N2O4S/c1-12(5-6-18-2)10-4-3-8(13(16)17)7-9(10)11(14)15/h3-4,7H,5-6H2,1-2H3,(H,14,15). The molecule has 0 aliphatic rings. The van der Waals surface area contributed by atoms with Crippen LogP contribution in [0.15, 0.2) is 18.2 Å². The molecule has 18 heavy (non-hydrogen) atoms. The molecular formula is C11H14N2O4S. The number of non-ortho nitro benzene ring substituents is 1. The van der Waals surface area contributed by atoms with E-state index < -0.39 is 10.9 Å². The third kappa shape index (κ3) is 3.36. The van der Waals surface area contributed by atoms with E-state index in [0.717, 1.165) is 11.8 Å². The molecule has 1 rings (SSSR count). The van der Waals surface area contributed by atoms with Gasteiger partial charge in [-0.05, 0) is 12.3 Å². The average molecular weight is 270 g/mol. The van der Waals surface area contributed by atoms with Crippen LogP contribution in [-0.2, 0) is 0 Å². The van der Waals surface area contributed by atoms with Gasteiger partial charge in [0.2, 0.25) is 0 Å². The lowest BCUT2D eigenvalue weighted by molar-refractivity contribution is -0.384. The number of nitro groups is 1. The van der Waals surface area contributed by atoms with E-state index in [-0.39, 0.29) is 11.3 Å². The number of aromatic carboxylic acids is 1. The number of nitro benzene ring substituents is 1. The summed E-state index contributed by atoms with van der Waals surface area (Å²) in [5, 5.41) is 19.7. The average Bonchev–Trinajstić information content (AvgIpc) is 2.34. The van der Waals surface area contributed by atoms with Crippen molar-refractivity contribution in [3.05, 3.63) is 33.9 Å². The molecule has 0 amide bonds. The highest BCUT2D eigenvalue weighted by Gasteiger charge is 2.18. The minimum absolute atomic E-state index is 0.0483. The lowest BCUT2D eigenvalue weighted by Crippen LogP contribution is -2.22. The number of carbonyl (C=O) groups is 1. The zero-order valence-electron chi connectivity index (χ0n) is 10.1. The SMILES string of the molecule is CSCCN(C)c1ccc([N+](=O)[O-])cc1C(=O)O. The Morgan fingerprint density at radius 3 is 2.72 bits per heavy atom. The van der Waals surface area contributed by atoms with Crippen molar-refractivity contribution >= 4 is 29.1 Å². The lowest BCUT2D eigenvalue weighted by Gasteiger charge is -2.20. The maximum Gasteiger partial charge on any atom is 0.338 e. The van der Waals surface area contributed by atoms with Crippen molar-refractivity contribution in [2.45, 2.75) is 0 Å². The molecule has 1 aromatic carbocycles. The van der Waals surface area contributed by atoms with E-state index in [9.17, 15) is 14.9 Å². The van der Waals surface area contributed by atoms with Gasteiger partial charge < -0.3 is 10.0 Å². The van der Waals surface area contributed by atoms with Gasteiger partial charge in [0.25, 0.3) is 5.69 Å². The van der Waals surface area contributed by atoms with Gasteiger partial charge in [0.05, 0.1) is 16.2 Å². The van der Waals surface area contributed by atoms with Gasteiger partial charge in [0.1, 0.15) is 0 Å². The van der Waals surface area contributed by atoms with E-state index in [1.54, 1.807) is 23.7 Å². The maximum atomic E-state index is 11.1. The van der Waals surface area contributed by atoms with Crippen molar-refractivity contribution < 1.29 is 14.8 Å². The van der Waals surface area contributed by atoms with Crippen LogP contribution >= 0.6 is 11.8 Å². The second-order valence-corrected chi connectivity index (χ2v) is 4.66.